The Morgan fingerprint density at radius 1 is 0.973 bits per heavy atom. The second kappa shape index (κ2) is 9.05. The van der Waals surface area contributed by atoms with Crippen LogP contribution in [0.4, 0.5) is 18.9 Å². The second-order valence-corrected chi connectivity index (χ2v) is 8.13. The van der Waals surface area contributed by atoms with Crippen molar-refractivity contribution < 1.29 is 41.8 Å². The average molecular weight is 509 g/mol. The monoisotopic (exact) mass is 509 g/mol. The lowest BCUT2D eigenvalue weighted by Crippen LogP contribution is -2.31. The maximum Gasteiger partial charge on any atom is 0.573 e. The molecular weight excluding hydrogens is 491 g/mol. The minimum atomic E-state index is -4.89. The Balaban J connectivity index is 1.59. The fraction of sp³-hybridized carbons (Fsp3) is 0.111. The number of ketones is 1. The largest absolute Gasteiger partial charge is 0.573 e. The van der Waals surface area contributed by atoms with Crippen LogP contribution in [0.5, 0.6) is 11.5 Å². The van der Waals surface area contributed by atoms with Gasteiger partial charge in [-0.25, -0.2) is 0 Å². The molecule has 0 saturated carbocycles. The van der Waals surface area contributed by atoms with Crippen LogP contribution in [-0.2, 0) is 4.79 Å². The van der Waals surface area contributed by atoms with Crippen LogP contribution in [0.1, 0.15) is 22.2 Å². The molecule has 10 heteroatoms. The first-order chi connectivity index (χ1) is 17.7. The molecule has 1 aromatic heterocycles. The van der Waals surface area contributed by atoms with Crippen LogP contribution < -0.4 is 14.4 Å². The minimum Gasteiger partial charge on any atom is -0.503 e. The lowest BCUT2D eigenvalue weighted by atomic mass is 9.94. The van der Waals surface area contributed by atoms with Gasteiger partial charge in [0.2, 0.25) is 5.78 Å². The van der Waals surface area contributed by atoms with Crippen LogP contribution in [-0.4, -0.2) is 30.3 Å². The Labute approximate surface area is 207 Å². The maximum absolute atomic E-state index is 13.6. The van der Waals surface area contributed by atoms with Gasteiger partial charge in [0.1, 0.15) is 17.1 Å². The summed E-state index contributed by atoms with van der Waals surface area (Å²) < 4.78 is 52.6. The smallest absolute Gasteiger partial charge is 0.503 e. The Morgan fingerprint density at radius 2 is 1.62 bits per heavy atom. The normalized spacial score (nSPS) is 15.9. The van der Waals surface area contributed by atoms with Crippen molar-refractivity contribution in [1.82, 2.24) is 0 Å². The lowest BCUT2D eigenvalue weighted by molar-refractivity contribution is -0.274. The number of ether oxygens (including phenoxy) is 2. The van der Waals surface area contributed by atoms with E-state index in [0.29, 0.717) is 22.3 Å². The maximum atomic E-state index is 13.6. The van der Waals surface area contributed by atoms with Crippen LogP contribution in [0.3, 0.4) is 0 Å². The first-order valence-corrected chi connectivity index (χ1v) is 11.0. The van der Waals surface area contributed by atoms with Gasteiger partial charge in [-0.2, -0.15) is 0 Å². The van der Waals surface area contributed by atoms with E-state index in [4.69, 9.17) is 9.15 Å². The van der Waals surface area contributed by atoms with Gasteiger partial charge >= 0.3 is 6.36 Å². The van der Waals surface area contributed by atoms with Crippen molar-refractivity contribution in [3.63, 3.8) is 0 Å². The van der Waals surface area contributed by atoms with E-state index in [0.717, 1.165) is 17.0 Å². The highest BCUT2D eigenvalue weighted by atomic mass is 19.4. The summed E-state index contributed by atoms with van der Waals surface area (Å²) in [6.45, 7) is 0. The number of aliphatic hydroxyl groups is 1. The summed E-state index contributed by atoms with van der Waals surface area (Å²) in [7, 11) is 1.48. The third-order valence-electron chi connectivity index (χ3n) is 5.88. The molecule has 1 aliphatic heterocycles. The highest BCUT2D eigenvalue weighted by Crippen LogP contribution is 2.43. The fourth-order valence-corrected chi connectivity index (χ4v) is 4.24. The molecule has 0 bridgehead atoms. The number of aliphatic hydroxyl groups excluding tert-OH is 1. The summed E-state index contributed by atoms with van der Waals surface area (Å²) in [6, 6.07) is 18.4. The number of benzene rings is 3. The first-order valence-electron chi connectivity index (χ1n) is 11.0. The zero-order valence-corrected chi connectivity index (χ0v) is 19.2. The Bertz CT molecular complexity index is 1490. The number of anilines is 1. The average Bonchev–Trinajstić information content (AvgIpc) is 3.42. The SMILES string of the molecule is COc1ccc(C2C(C(=O)c3cc4ccccc4o3)=C(O)C(=O)N2c2ccc(OC(F)(F)F)cc2)cc1. The Kier molecular flexibility index (Phi) is 5.87. The summed E-state index contributed by atoms with van der Waals surface area (Å²) in [4.78, 5) is 28.0. The van der Waals surface area contributed by atoms with Crippen molar-refractivity contribution in [2.45, 2.75) is 12.4 Å². The van der Waals surface area contributed by atoms with Gasteiger partial charge in [-0.05, 0) is 54.1 Å². The minimum absolute atomic E-state index is 0.0789. The molecule has 4 aromatic rings. The number of fused-ring (bicyclic) bond motifs is 1. The molecule has 3 aromatic carbocycles. The molecule has 37 heavy (non-hydrogen) atoms. The second-order valence-electron chi connectivity index (χ2n) is 8.13. The fourth-order valence-electron chi connectivity index (χ4n) is 4.24. The number of Topliss-reactive ketones (excluding diaryl/α,β-unsaturated/α-hetero) is 1. The predicted molar refractivity (Wildman–Crippen MR) is 127 cm³/mol. The topological polar surface area (TPSA) is 89.2 Å². The highest BCUT2D eigenvalue weighted by molar-refractivity contribution is 6.20. The third-order valence-corrected chi connectivity index (χ3v) is 5.88. The molecule has 1 N–H and O–H groups in total. The molecule has 0 radical (unpaired) electrons. The molecule has 0 fully saturated rings. The number of carbonyl (C=O) groups is 2. The summed E-state index contributed by atoms with van der Waals surface area (Å²) in [5.74, 6) is -2.44. The van der Waals surface area contributed by atoms with Gasteiger partial charge in [-0.15, -0.1) is 13.2 Å². The number of hydrogen-bond donors (Lipinski definition) is 1. The van der Waals surface area contributed by atoms with E-state index in [-0.39, 0.29) is 17.0 Å². The molecule has 188 valence electrons. The van der Waals surface area contributed by atoms with E-state index >= 15 is 0 Å². The van der Waals surface area contributed by atoms with Gasteiger partial charge in [0.15, 0.2) is 11.5 Å². The molecular formula is C27H18F3NO6. The lowest BCUT2D eigenvalue weighted by Gasteiger charge is -2.27. The number of methoxy groups -OCH3 is 1. The van der Waals surface area contributed by atoms with Crippen molar-refractivity contribution in [3.8, 4) is 11.5 Å². The van der Waals surface area contributed by atoms with E-state index in [9.17, 15) is 27.9 Å². The van der Waals surface area contributed by atoms with Crippen LogP contribution in [0.25, 0.3) is 11.0 Å². The molecule has 5 rings (SSSR count). The third kappa shape index (κ3) is 4.49. The van der Waals surface area contributed by atoms with Crippen LogP contribution in [0.2, 0.25) is 0 Å². The van der Waals surface area contributed by atoms with Gasteiger partial charge in [0.05, 0.1) is 18.7 Å². The van der Waals surface area contributed by atoms with Gasteiger partial charge in [-0.1, -0.05) is 30.3 Å². The van der Waals surface area contributed by atoms with E-state index in [2.05, 4.69) is 4.74 Å². The molecule has 1 unspecified atom stereocenters. The van der Waals surface area contributed by atoms with Crippen LogP contribution in [0.15, 0.2) is 94.6 Å². The number of halogens is 3. The summed E-state index contributed by atoms with van der Waals surface area (Å²) in [5.41, 5.74) is 0.811. The van der Waals surface area contributed by atoms with E-state index in [1.54, 1.807) is 48.5 Å². The number of carbonyl (C=O) groups excluding carboxylic acids is 2. The molecule has 2 heterocycles. The van der Waals surface area contributed by atoms with E-state index < -0.39 is 35.6 Å². The molecule has 0 spiro atoms. The highest BCUT2D eigenvalue weighted by Gasteiger charge is 2.45. The number of furan rings is 1. The summed E-state index contributed by atoms with van der Waals surface area (Å²) in [5, 5.41) is 11.5. The zero-order valence-electron chi connectivity index (χ0n) is 19.2. The van der Waals surface area contributed by atoms with Gasteiger partial charge in [0.25, 0.3) is 5.91 Å². The van der Waals surface area contributed by atoms with Crippen molar-refractivity contribution >= 4 is 28.3 Å². The standard InChI is InChI=1S/C27H18F3NO6/c1-35-18-10-6-15(7-11-18)23-22(24(32)21-14-16-4-2-3-5-20(16)36-21)25(33)26(34)31(23)17-8-12-19(13-9-17)37-27(28,29)30/h2-14,23,33H,1H3. The molecule has 1 atom stereocenters. The first kappa shape index (κ1) is 24.0. The summed E-state index contributed by atoms with van der Waals surface area (Å²) in [6.07, 6.45) is -4.89. The van der Waals surface area contributed by atoms with Crippen LogP contribution in [0, 0.1) is 0 Å². The number of alkyl halides is 3. The Morgan fingerprint density at radius 3 is 2.24 bits per heavy atom. The van der Waals surface area contributed by atoms with Crippen molar-refractivity contribution in [2.24, 2.45) is 0 Å². The molecule has 0 saturated heterocycles. The number of para-hydroxylation sites is 1. The van der Waals surface area contributed by atoms with Gasteiger partial charge in [0, 0.05) is 11.1 Å². The number of nitrogens with zero attached hydrogens (tertiary/aromatic N) is 1. The molecule has 1 aliphatic rings. The summed E-state index contributed by atoms with van der Waals surface area (Å²) >= 11 is 0. The zero-order chi connectivity index (χ0) is 26.3. The van der Waals surface area contributed by atoms with Gasteiger partial charge < -0.3 is 19.0 Å². The molecule has 1 amide bonds. The Hall–Kier alpha value is -4.73. The molecule has 0 aliphatic carbocycles. The van der Waals surface area contributed by atoms with Crippen molar-refractivity contribution in [1.29, 1.82) is 0 Å². The number of amides is 1. The number of hydrogen-bond acceptors (Lipinski definition) is 6. The van der Waals surface area contributed by atoms with Gasteiger partial charge in [-0.3, -0.25) is 14.5 Å². The van der Waals surface area contributed by atoms with E-state index in [1.165, 1.54) is 25.3 Å². The van der Waals surface area contributed by atoms with Crippen molar-refractivity contribution in [2.75, 3.05) is 12.0 Å². The van der Waals surface area contributed by atoms with Crippen LogP contribution >= 0.6 is 0 Å². The quantitative estimate of drug-likeness (QED) is 0.315. The molecule has 7 nitrogen and oxygen atoms in total. The number of rotatable bonds is 6. The van der Waals surface area contributed by atoms with Crippen molar-refractivity contribution in [3.05, 3.63) is 102 Å². The predicted octanol–water partition coefficient (Wildman–Crippen LogP) is 6.12. The van der Waals surface area contributed by atoms with E-state index in [1.807, 2.05) is 0 Å².